The lowest BCUT2D eigenvalue weighted by molar-refractivity contribution is -0.130. The summed E-state index contributed by atoms with van der Waals surface area (Å²) in [6.45, 7) is 8.23. The van der Waals surface area contributed by atoms with Gasteiger partial charge in [0.05, 0.1) is 4.90 Å². The Kier molecular flexibility index (Phi) is 7.38. The summed E-state index contributed by atoms with van der Waals surface area (Å²) in [6, 6.07) is 6.26. The molecule has 0 aromatic heterocycles. The standard InChI is InChI=1S/C19H29N3O4S/c1-4-9-22(10-5-2)27(25,26)18-8-6-7-17(15-18)19(24)21-13-11-20(12-14-21)16(3)23/h6-8,15H,4-5,9-14H2,1-3H3. The lowest BCUT2D eigenvalue weighted by Crippen LogP contribution is -2.50. The van der Waals surface area contributed by atoms with Crippen molar-refractivity contribution in [2.75, 3.05) is 39.3 Å². The van der Waals surface area contributed by atoms with E-state index in [1.807, 2.05) is 13.8 Å². The van der Waals surface area contributed by atoms with E-state index in [1.165, 1.54) is 23.4 Å². The first-order valence-corrected chi connectivity index (χ1v) is 10.9. The molecule has 0 atom stereocenters. The fourth-order valence-corrected chi connectivity index (χ4v) is 4.87. The Morgan fingerprint density at radius 3 is 2.07 bits per heavy atom. The molecule has 2 rings (SSSR count). The van der Waals surface area contributed by atoms with Crippen molar-refractivity contribution in [2.24, 2.45) is 0 Å². The molecule has 8 heteroatoms. The monoisotopic (exact) mass is 395 g/mol. The van der Waals surface area contributed by atoms with Crippen LogP contribution < -0.4 is 0 Å². The molecule has 0 bridgehead atoms. The van der Waals surface area contributed by atoms with E-state index in [4.69, 9.17) is 0 Å². The van der Waals surface area contributed by atoms with Crippen LogP contribution >= 0.6 is 0 Å². The highest BCUT2D eigenvalue weighted by Crippen LogP contribution is 2.19. The van der Waals surface area contributed by atoms with Crippen LogP contribution in [0.5, 0.6) is 0 Å². The van der Waals surface area contributed by atoms with Gasteiger partial charge >= 0.3 is 0 Å². The van der Waals surface area contributed by atoms with Crippen molar-refractivity contribution >= 4 is 21.8 Å². The molecule has 1 saturated heterocycles. The van der Waals surface area contributed by atoms with Crippen molar-refractivity contribution in [3.63, 3.8) is 0 Å². The molecule has 1 aromatic rings. The molecular weight excluding hydrogens is 366 g/mol. The highest BCUT2D eigenvalue weighted by Gasteiger charge is 2.26. The quantitative estimate of drug-likeness (QED) is 0.705. The number of amides is 2. The highest BCUT2D eigenvalue weighted by atomic mass is 32.2. The van der Waals surface area contributed by atoms with Crippen molar-refractivity contribution in [1.29, 1.82) is 0 Å². The van der Waals surface area contributed by atoms with Gasteiger partial charge in [-0.1, -0.05) is 19.9 Å². The summed E-state index contributed by atoms with van der Waals surface area (Å²) in [6.07, 6.45) is 1.47. The molecule has 0 saturated carbocycles. The predicted octanol–water partition coefficient (Wildman–Crippen LogP) is 1.80. The van der Waals surface area contributed by atoms with Crippen molar-refractivity contribution in [2.45, 2.75) is 38.5 Å². The number of piperazine rings is 1. The lowest BCUT2D eigenvalue weighted by Gasteiger charge is -2.34. The molecule has 0 aliphatic carbocycles. The molecule has 0 spiro atoms. The molecule has 1 aliphatic heterocycles. The molecular formula is C19H29N3O4S. The average molecular weight is 396 g/mol. The van der Waals surface area contributed by atoms with Crippen molar-refractivity contribution in [3.8, 4) is 0 Å². The van der Waals surface area contributed by atoms with Gasteiger partial charge in [-0.3, -0.25) is 9.59 Å². The maximum Gasteiger partial charge on any atom is 0.254 e. The number of hydrogen-bond donors (Lipinski definition) is 0. The first kappa shape index (κ1) is 21.4. The lowest BCUT2D eigenvalue weighted by atomic mass is 10.2. The number of carbonyl (C=O) groups is 2. The van der Waals surface area contributed by atoms with E-state index < -0.39 is 10.0 Å². The summed E-state index contributed by atoms with van der Waals surface area (Å²) in [4.78, 5) is 27.7. The summed E-state index contributed by atoms with van der Waals surface area (Å²) in [5.41, 5.74) is 0.361. The SMILES string of the molecule is CCCN(CCC)S(=O)(=O)c1cccc(C(=O)N2CCN(C(C)=O)CC2)c1. The Balaban J connectivity index is 2.19. The van der Waals surface area contributed by atoms with E-state index in [2.05, 4.69) is 0 Å². The van der Waals surface area contributed by atoms with E-state index in [0.29, 0.717) is 44.8 Å². The second kappa shape index (κ2) is 9.32. The molecule has 7 nitrogen and oxygen atoms in total. The first-order valence-electron chi connectivity index (χ1n) is 9.46. The minimum Gasteiger partial charge on any atom is -0.339 e. The van der Waals surface area contributed by atoms with Gasteiger partial charge < -0.3 is 9.80 Å². The number of sulfonamides is 1. The normalized spacial score (nSPS) is 15.3. The Morgan fingerprint density at radius 1 is 1.00 bits per heavy atom. The molecule has 150 valence electrons. The summed E-state index contributed by atoms with van der Waals surface area (Å²) in [5, 5.41) is 0. The van der Waals surface area contributed by atoms with Crippen molar-refractivity contribution in [3.05, 3.63) is 29.8 Å². The molecule has 2 amide bonds. The third kappa shape index (κ3) is 5.07. The maximum atomic E-state index is 12.9. The first-order chi connectivity index (χ1) is 12.8. The van der Waals surface area contributed by atoms with Crippen LogP contribution in [0.3, 0.4) is 0 Å². The van der Waals surface area contributed by atoms with E-state index in [1.54, 1.807) is 21.9 Å². The van der Waals surface area contributed by atoms with Crippen LogP contribution in [0.15, 0.2) is 29.2 Å². The summed E-state index contributed by atoms with van der Waals surface area (Å²) in [5.74, 6) is -0.199. The molecule has 0 radical (unpaired) electrons. The number of rotatable bonds is 7. The third-order valence-electron chi connectivity index (χ3n) is 4.68. The zero-order valence-electron chi connectivity index (χ0n) is 16.3. The fraction of sp³-hybridized carbons (Fsp3) is 0.579. The van der Waals surface area contributed by atoms with Crippen LogP contribution in [-0.4, -0.2) is 73.6 Å². The van der Waals surface area contributed by atoms with Gasteiger partial charge in [0, 0.05) is 51.8 Å². The van der Waals surface area contributed by atoms with E-state index >= 15 is 0 Å². The molecule has 1 aliphatic rings. The fourth-order valence-electron chi connectivity index (χ4n) is 3.20. The van der Waals surface area contributed by atoms with Gasteiger partial charge in [0.2, 0.25) is 15.9 Å². The Morgan fingerprint density at radius 2 is 1.56 bits per heavy atom. The van der Waals surface area contributed by atoms with Gasteiger partial charge in [0.1, 0.15) is 0 Å². The Labute approximate surface area is 162 Å². The largest absolute Gasteiger partial charge is 0.339 e. The summed E-state index contributed by atoms with van der Waals surface area (Å²) >= 11 is 0. The predicted molar refractivity (Wildman–Crippen MR) is 104 cm³/mol. The molecule has 1 aromatic carbocycles. The number of hydrogen-bond acceptors (Lipinski definition) is 4. The van der Waals surface area contributed by atoms with Crippen LogP contribution in [-0.2, 0) is 14.8 Å². The third-order valence-corrected chi connectivity index (χ3v) is 6.57. The zero-order chi connectivity index (χ0) is 20.0. The minimum absolute atomic E-state index is 0.00197. The highest BCUT2D eigenvalue weighted by molar-refractivity contribution is 7.89. The van der Waals surface area contributed by atoms with Crippen LogP contribution in [0.25, 0.3) is 0 Å². The molecule has 0 N–H and O–H groups in total. The van der Waals surface area contributed by atoms with Gasteiger partial charge in [0.15, 0.2) is 0 Å². The van der Waals surface area contributed by atoms with Crippen LogP contribution in [0.2, 0.25) is 0 Å². The summed E-state index contributed by atoms with van der Waals surface area (Å²) in [7, 11) is -3.62. The van der Waals surface area contributed by atoms with Gasteiger partial charge in [0.25, 0.3) is 5.91 Å². The smallest absolute Gasteiger partial charge is 0.254 e. The van der Waals surface area contributed by atoms with Crippen LogP contribution in [0.4, 0.5) is 0 Å². The number of benzene rings is 1. The van der Waals surface area contributed by atoms with E-state index in [-0.39, 0.29) is 16.7 Å². The minimum atomic E-state index is -3.62. The second-order valence-electron chi connectivity index (χ2n) is 6.73. The van der Waals surface area contributed by atoms with Crippen molar-refractivity contribution < 1.29 is 18.0 Å². The van der Waals surface area contributed by atoms with Gasteiger partial charge in [-0.15, -0.1) is 0 Å². The van der Waals surface area contributed by atoms with Crippen LogP contribution in [0.1, 0.15) is 44.0 Å². The molecule has 1 heterocycles. The van der Waals surface area contributed by atoms with Crippen molar-refractivity contribution in [1.82, 2.24) is 14.1 Å². The van der Waals surface area contributed by atoms with E-state index in [9.17, 15) is 18.0 Å². The Hall–Kier alpha value is -1.93. The second-order valence-corrected chi connectivity index (χ2v) is 8.67. The van der Waals surface area contributed by atoms with E-state index in [0.717, 1.165) is 12.8 Å². The topological polar surface area (TPSA) is 78.0 Å². The van der Waals surface area contributed by atoms with Gasteiger partial charge in [-0.25, -0.2) is 8.42 Å². The van der Waals surface area contributed by atoms with Gasteiger partial charge in [-0.05, 0) is 31.0 Å². The molecule has 1 fully saturated rings. The average Bonchev–Trinajstić information content (AvgIpc) is 2.67. The number of carbonyl (C=O) groups excluding carboxylic acids is 2. The summed E-state index contributed by atoms with van der Waals surface area (Å²) < 4.78 is 27.4. The van der Waals surface area contributed by atoms with Gasteiger partial charge in [-0.2, -0.15) is 4.31 Å². The zero-order valence-corrected chi connectivity index (χ0v) is 17.2. The molecule has 0 unspecified atom stereocenters. The molecule has 27 heavy (non-hydrogen) atoms. The van der Waals surface area contributed by atoms with Crippen LogP contribution in [0, 0.1) is 0 Å². The maximum absolute atomic E-state index is 12.9. The number of nitrogens with zero attached hydrogens (tertiary/aromatic N) is 3. The Bertz CT molecular complexity index is 765.